The van der Waals surface area contributed by atoms with E-state index in [0.717, 1.165) is 95.7 Å². The Morgan fingerprint density at radius 3 is 2.54 bits per heavy atom. The monoisotopic (exact) mass is 941 g/mol. The third-order valence-corrected chi connectivity index (χ3v) is 16.2. The number of carbonyl (C=O) groups excluding carboxylic acids is 4. The highest BCUT2D eigenvalue weighted by Crippen LogP contribution is 2.45. The van der Waals surface area contributed by atoms with Gasteiger partial charge in [0.25, 0.3) is 5.91 Å². The summed E-state index contributed by atoms with van der Waals surface area (Å²) < 4.78 is 14.4. The fourth-order valence-electron chi connectivity index (χ4n) is 12.2. The Balaban J connectivity index is 0.968. The first-order valence-electron chi connectivity index (χ1n) is 25.7. The van der Waals surface area contributed by atoms with Crippen molar-refractivity contribution in [3.8, 4) is 22.4 Å². The Hall–Kier alpha value is -5.15. The molecular weight excluding hydrogens is 869 g/mol. The van der Waals surface area contributed by atoms with Crippen molar-refractivity contribution >= 4 is 34.6 Å². The fraction of sp³-hybridized carbons (Fsp3) is 0.582. The first-order chi connectivity index (χ1) is 33.2. The fourth-order valence-corrected chi connectivity index (χ4v) is 12.2. The van der Waals surface area contributed by atoms with Gasteiger partial charge >= 0.3 is 5.97 Å². The van der Waals surface area contributed by atoms with E-state index in [9.17, 15) is 19.2 Å². The zero-order valence-corrected chi connectivity index (χ0v) is 41.7. The standard InChI is InChI=1S/C55H72N8O6/c1-8-62-44-19-18-38-28-40(44)41(49(62)39-14-10-22-56-45(39)34(4)68-7)29-54(5,6)32-69-53(67)42-15-11-23-63(59-42)51(65)43(27-35-12-9-13-37(38)26-35)57-50(64)48(33(2)3)60-24-20-55(30-60)21-25-61(31-55)52(66)47-46(58-47)36-16-17-36/h9-10,12-14,18-19,22,26,28,33-34,36,42-43,46-48,58-59H,8,11,15-17,20-21,23-25,27,29-32H2,1-7H3,(H,57,64)/t34-,42-,43-,46?,47+,48?,55-/m0/s1. The van der Waals surface area contributed by atoms with Gasteiger partial charge < -0.3 is 24.3 Å². The van der Waals surface area contributed by atoms with Gasteiger partial charge in [-0.15, -0.1) is 0 Å². The Morgan fingerprint density at radius 1 is 0.971 bits per heavy atom. The number of hydrogen-bond donors (Lipinski definition) is 3. The van der Waals surface area contributed by atoms with Crippen LogP contribution in [0.2, 0.25) is 0 Å². The largest absolute Gasteiger partial charge is 0.464 e. The lowest BCUT2D eigenvalue weighted by Gasteiger charge is -2.37. The van der Waals surface area contributed by atoms with Crippen LogP contribution in [-0.4, -0.2) is 125 Å². The number of nitrogens with zero attached hydrogens (tertiary/aromatic N) is 5. The molecule has 1 saturated carbocycles. The van der Waals surface area contributed by atoms with Gasteiger partial charge in [0, 0.05) is 85.8 Å². The lowest BCUT2D eigenvalue weighted by molar-refractivity contribution is -0.155. The highest BCUT2D eigenvalue weighted by Gasteiger charge is 2.55. The van der Waals surface area contributed by atoms with Crippen LogP contribution in [0.15, 0.2) is 60.8 Å². The molecule has 69 heavy (non-hydrogen) atoms. The van der Waals surface area contributed by atoms with E-state index in [2.05, 4.69) is 101 Å². The Labute approximate surface area is 407 Å². The summed E-state index contributed by atoms with van der Waals surface area (Å²) in [6.45, 7) is 16.9. The molecule has 2 aromatic heterocycles. The van der Waals surface area contributed by atoms with E-state index in [-0.39, 0.29) is 54.2 Å². The Morgan fingerprint density at radius 2 is 1.77 bits per heavy atom. The van der Waals surface area contributed by atoms with Crippen molar-refractivity contribution in [2.45, 2.75) is 136 Å². The van der Waals surface area contributed by atoms with Crippen molar-refractivity contribution in [2.75, 3.05) is 46.4 Å². The predicted molar refractivity (Wildman–Crippen MR) is 266 cm³/mol. The van der Waals surface area contributed by atoms with Gasteiger partial charge in [-0.3, -0.25) is 39.4 Å². The second-order valence-corrected chi connectivity index (χ2v) is 22.3. The summed E-state index contributed by atoms with van der Waals surface area (Å²) in [5.41, 5.74) is 10.9. The number of benzene rings is 2. The normalized spacial score (nSPS) is 27.1. The zero-order valence-electron chi connectivity index (χ0n) is 41.7. The molecular formula is C55H72N8O6. The van der Waals surface area contributed by atoms with Crippen LogP contribution >= 0.6 is 0 Å². The van der Waals surface area contributed by atoms with E-state index in [1.54, 1.807) is 7.11 Å². The molecule has 7 heterocycles. The second kappa shape index (κ2) is 18.9. The maximum atomic E-state index is 14.9. The third-order valence-electron chi connectivity index (χ3n) is 16.2. The summed E-state index contributed by atoms with van der Waals surface area (Å²) in [5.74, 6) is 0.00595. The highest BCUT2D eigenvalue weighted by molar-refractivity contribution is 5.96. The molecule has 14 nitrogen and oxygen atoms in total. The average molecular weight is 941 g/mol. The molecule has 2 unspecified atom stereocenters. The smallest absolute Gasteiger partial charge is 0.324 e. The molecule has 4 saturated heterocycles. The van der Waals surface area contributed by atoms with E-state index in [4.69, 9.17) is 14.5 Å². The molecule has 6 aliphatic rings. The van der Waals surface area contributed by atoms with Crippen molar-refractivity contribution in [1.82, 2.24) is 40.4 Å². The molecule has 2 aromatic carbocycles. The number of aromatic nitrogens is 2. The Bertz CT molecular complexity index is 2620. The van der Waals surface area contributed by atoms with Crippen molar-refractivity contribution in [1.29, 1.82) is 0 Å². The summed E-state index contributed by atoms with van der Waals surface area (Å²) in [6, 6.07) is 17.3. The van der Waals surface area contributed by atoms with Crippen molar-refractivity contribution < 1.29 is 28.7 Å². The summed E-state index contributed by atoms with van der Waals surface area (Å²) in [7, 11) is 1.71. The molecule has 5 fully saturated rings. The van der Waals surface area contributed by atoms with Crippen molar-refractivity contribution in [3.63, 3.8) is 0 Å². The van der Waals surface area contributed by atoms with Crippen LogP contribution < -0.4 is 16.1 Å². The van der Waals surface area contributed by atoms with E-state index < -0.39 is 29.5 Å². The van der Waals surface area contributed by atoms with Gasteiger partial charge in [0.15, 0.2) is 0 Å². The number of ether oxygens (including phenoxy) is 2. The number of hydrogen-bond acceptors (Lipinski definition) is 10. The molecule has 368 valence electrons. The molecule has 4 aromatic rings. The van der Waals surface area contributed by atoms with Crippen LogP contribution in [0.4, 0.5) is 0 Å². The highest BCUT2D eigenvalue weighted by atomic mass is 16.5. The molecule has 1 spiro atoms. The number of carbonyl (C=O) groups is 4. The SMILES string of the molecule is CCn1c(-c2cccnc2[C@H](C)OC)c2c3cc(ccc31)-c1cccc(c1)C[C@H](NC(=O)C(C(C)C)N1CC[C@]3(CCN(C(=O)[C@@H]4NC4C4CC4)C3)C1)C(=O)N1CCC[C@H](N1)C(=O)OCC(C)(C)C2. The van der Waals surface area contributed by atoms with Crippen LogP contribution in [0.25, 0.3) is 33.3 Å². The minimum atomic E-state index is -0.908. The molecule has 3 amide bonds. The molecule has 1 aliphatic carbocycles. The number of hydrazine groups is 1. The van der Waals surface area contributed by atoms with Gasteiger partial charge in [-0.2, -0.15) is 0 Å². The number of fused-ring (bicyclic) bond motifs is 6. The number of likely N-dealkylation sites (tertiary alicyclic amines) is 2. The quantitative estimate of drug-likeness (QED) is 0.119. The van der Waals surface area contributed by atoms with E-state index >= 15 is 0 Å². The molecule has 14 heteroatoms. The molecule has 7 atom stereocenters. The maximum absolute atomic E-state index is 14.9. The second-order valence-electron chi connectivity index (χ2n) is 22.3. The number of methoxy groups -OCH3 is 1. The van der Waals surface area contributed by atoms with Crippen LogP contribution in [0.3, 0.4) is 0 Å². The number of pyridine rings is 1. The summed E-state index contributed by atoms with van der Waals surface area (Å²) in [5, 5.41) is 9.38. The van der Waals surface area contributed by atoms with E-state index in [1.165, 1.54) is 17.9 Å². The number of cyclic esters (lactones) is 1. The van der Waals surface area contributed by atoms with E-state index in [1.807, 2.05) is 31.3 Å². The van der Waals surface area contributed by atoms with E-state index in [0.29, 0.717) is 37.8 Å². The molecule has 5 aliphatic heterocycles. The number of rotatable bonds is 10. The predicted octanol–water partition coefficient (Wildman–Crippen LogP) is 6.45. The molecule has 6 bridgehead atoms. The minimum Gasteiger partial charge on any atom is -0.464 e. The zero-order chi connectivity index (χ0) is 48.4. The van der Waals surface area contributed by atoms with Crippen LogP contribution in [0.5, 0.6) is 0 Å². The van der Waals surface area contributed by atoms with Crippen LogP contribution in [-0.2, 0) is 48.0 Å². The van der Waals surface area contributed by atoms with Gasteiger partial charge in [-0.05, 0) is 124 Å². The topological polar surface area (TPSA) is 160 Å². The van der Waals surface area contributed by atoms with Gasteiger partial charge in [0.05, 0.1) is 30.1 Å². The first kappa shape index (κ1) is 47.5. The molecule has 3 N–H and O–H groups in total. The third kappa shape index (κ3) is 9.46. The first-order valence-corrected chi connectivity index (χ1v) is 25.7. The summed E-state index contributed by atoms with van der Waals surface area (Å²) in [6.07, 6.45) is 7.88. The minimum absolute atomic E-state index is 0.0283. The lowest BCUT2D eigenvalue weighted by Crippen LogP contribution is -2.62. The van der Waals surface area contributed by atoms with Gasteiger partial charge in [0.1, 0.15) is 18.1 Å². The van der Waals surface area contributed by atoms with Crippen LogP contribution in [0, 0.1) is 22.7 Å². The summed E-state index contributed by atoms with van der Waals surface area (Å²) in [4.78, 5) is 66.4. The maximum Gasteiger partial charge on any atom is 0.324 e. The molecule has 10 rings (SSSR count). The number of aryl methyl sites for hydroxylation is 1. The van der Waals surface area contributed by atoms with Crippen molar-refractivity contribution in [3.05, 3.63) is 77.6 Å². The average Bonchev–Trinajstić information content (AvgIpc) is 4.25. The van der Waals surface area contributed by atoms with Gasteiger partial charge in [-0.1, -0.05) is 58.0 Å². The number of esters is 1. The number of amides is 3. The van der Waals surface area contributed by atoms with Gasteiger partial charge in [-0.25, -0.2) is 5.43 Å². The summed E-state index contributed by atoms with van der Waals surface area (Å²) >= 11 is 0. The van der Waals surface area contributed by atoms with Crippen LogP contribution in [0.1, 0.15) is 103 Å². The van der Waals surface area contributed by atoms with Crippen molar-refractivity contribution in [2.24, 2.45) is 22.7 Å². The van der Waals surface area contributed by atoms with Gasteiger partial charge in [0.2, 0.25) is 11.8 Å². The lowest BCUT2D eigenvalue weighted by atomic mass is 9.84. The Kier molecular flexibility index (Phi) is 13.0. The number of nitrogens with one attached hydrogen (secondary N) is 3. The molecule has 0 radical (unpaired) electrons.